The van der Waals surface area contributed by atoms with Gasteiger partial charge >= 0.3 is 0 Å². The highest BCUT2D eigenvalue weighted by atomic mass is 32.2. The minimum atomic E-state index is -0.856. The topological polar surface area (TPSA) is 58.9 Å². The average molecular weight is 361 g/mol. The number of benzene rings is 1. The van der Waals surface area contributed by atoms with Crippen LogP contribution in [0.15, 0.2) is 24.3 Å². The molecule has 0 radical (unpaired) electrons. The van der Waals surface area contributed by atoms with Crippen LogP contribution in [0.3, 0.4) is 0 Å². The van der Waals surface area contributed by atoms with E-state index in [4.69, 9.17) is 9.47 Å². The summed E-state index contributed by atoms with van der Waals surface area (Å²) >= 11 is 3.71. The smallest absolute Gasteiger partial charge is 0.118 e. The number of thioether (sulfide) groups is 2. The average Bonchev–Trinajstić information content (AvgIpc) is 2.58. The molecule has 2 N–H and O–H groups in total. The number of methoxy groups -OCH3 is 1. The second kappa shape index (κ2) is 12.0. The van der Waals surface area contributed by atoms with E-state index in [1.807, 2.05) is 47.8 Å². The largest absolute Gasteiger partial charge is 0.497 e. The molecule has 1 aromatic rings. The molecule has 0 fully saturated rings. The van der Waals surface area contributed by atoms with Gasteiger partial charge in [-0.2, -0.15) is 0 Å². The lowest BCUT2D eigenvalue weighted by molar-refractivity contribution is -0.0663. The van der Waals surface area contributed by atoms with Gasteiger partial charge in [-0.15, -0.1) is 23.5 Å². The predicted molar refractivity (Wildman–Crippen MR) is 99.3 cm³/mol. The maximum absolute atomic E-state index is 10.0. The summed E-state index contributed by atoms with van der Waals surface area (Å²) in [5, 5.41) is 19.3. The number of aliphatic hydroxyl groups is 2. The van der Waals surface area contributed by atoms with E-state index in [0.29, 0.717) is 11.2 Å². The highest BCUT2D eigenvalue weighted by Crippen LogP contribution is 2.29. The van der Waals surface area contributed by atoms with Crippen LogP contribution in [0.1, 0.15) is 25.8 Å². The molecule has 1 rings (SSSR count). The van der Waals surface area contributed by atoms with E-state index in [-0.39, 0.29) is 12.7 Å². The Morgan fingerprint density at radius 3 is 2.17 bits per heavy atom. The van der Waals surface area contributed by atoms with Gasteiger partial charge in [-0.05, 0) is 35.6 Å². The molecule has 0 unspecified atom stereocenters. The molecule has 0 aromatic heterocycles. The molecule has 1 aromatic carbocycles. The number of hydrogen-bond donors (Lipinski definition) is 2. The molecule has 0 bridgehead atoms. The number of aliphatic hydroxyl groups excluding tert-OH is 2. The molecule has 0 saturated carbocycles. The van der Waals surface area contributed by atoms with E-state index in [2.05, 4.69) is 13.8 Å². The van der Waals surface area contributed by atoms with Gasteiger partial charge in [0.2, 0.25) is 0 Å². The molecule has 23 heavy (non-hydrogen) atoms. The molecule has 0 aliphatic carbocycles. The standard InChI is InChI=1S/C17H28O4S2/c1-4-22-17(23-5-2)10-16(15(19)11-18)21-12-13-6-8-14(20-3)9-7-13/h6-9,15-19H,4-5,10-12H2,1-3H3/t15-,16+/m1/s1. The third kappa shape index (κ3) is 7.81. The highest BCUT2D eigenvalue weighted by Gasteiger charge is 2.24. The molecule has 0 aliphatic rings. The van der Waals surface area contributed by atoms with Crippen LogP contribution in [0, 0.1) is 0 Å². The monoisotopic (exact) mass is 360 g/mol. The lowest BCUT2D eigenvalue weighted by Crippen LogP contribution is -2.34. The normalized spacial score (nSPS) is 14.0. The first-order chi connectivity index (χ1) is 11.1. The molecule has 0 aliphatic heterocycles. The van der Waals surface area contributed by atoms with E-state index in [1.165, 1.54) is 0 Å². The van der Waals surface area contributed by atoms with Crippen molar-refractivity contribution in [2.75, 3.05) is 25.2 Å². The Kier molecular flexibility index (Phi) is 10.8. The van der Waals surface area contributed by atoms with Crippen LogP contribution in [0.5, 0.6) is 5.75 Å². The van der Waals surface area contributed by atoms with Gasteiger partial charge in [0.25, 0.3) is 0 Å². The molecule has 0 saturated heterocycles. The zero-order chi connectivity index (χ0) is 17.1. The summed E-state index contributed by atoms with van der Waals surface area (Å²) < 4.78 is 11.4. The zero-order valence-corrected chi connectivity index (χ0v) is 15.7. The van der Waals surface area contributed by atoms with Gasteiger partial charge in [0, 0.05) is 0 Å². The predicted octanol–water partition coefficient (Wildman–Crippen LogP) is 3.16. The van der Waals surface area contributed by atoms with Gasteiger partial charge < -0.3 is 19.7 Å². The van der Waals surface area contributed by atoms with Crippen LogP contribution >= 0.6 is 23.5 Å². The molecular formula is C17H28O4S2. The van der Waals surface area contributed by atoms with Crippen molar-refractivity contribution < 1.29 is 19.7 Å². The Labute approximate surface area is 148 Å². The summed E-state index contributed by atoms with van der Waals surface area (Å²) in [5.74, 6) is 2.86. The summed E-state index contributed by atoms with van der Waals surface area (Å²) in [6, 6.07) is 7.66. The fraction of sp³-hybridized carbons (Fsp3) is 0.647. The van der Waals surface area contributed by atoms with Crippen molar-refractivity contribution >= 4 is 23.5 Å². The van der Waals surface area contributed by atoms with Crippen molar-refractivity contribution in [2.24, 2.45) is 0 Å². The minimum absolute atomic E-state index is 0.284. The van der Waals surface area contributed by atoms with Gasteiger partial charge in [0.05, 0.1) is 31.0 Å². The van der Waals surface area contributed by atoms with Crippen LogP contribution < -0.4 is 4.74 Å². The maximum atomic E-state index is 10.0. The van der Waals surface area contributed by atoms with Gasteiger partial charge in [-0.1, -0.05) is 26.0 Å². The summed E-state index contributed by atoms with van der Waals surface area (Å²) in [5.41, 5.74) is 1.02. The van der Waals surface area contributed by atoms with Crippen molar-refractivity contribution in [3.8, 4) is 5.75 Å². The summed E-state index contributed by atoms with van der Waals surface area (Å²) in [7, 11) is 1.63. The molecule has 4 nitrogen and oxygen atoms in total. The third-order valence-corrected chi connectivity index (χ3v) is 5.98. The fourth-order valence-corrected chi connectivity index (χ4v) is 4.72. The minimum Gasteiger partial charge on any atom is -0.497 e. The molecule has 6 heteroatoms. The summed E-state index contributed by atoms with van der Waals surface area (Å²) in [6.45, 7) is 4.38. The Balaban J connectivity index is 2.61. The van der Waals surface area contributed by atoms with Crippen LogP contribution in [-0.2, 0) is 11.3 Å². The third-order valence-electron chi connectivity index (χ3n) is 3.37. The molecule has 2 atom stereocenters. The molecule has 132 valence electrons. The van der Waals surface area contributed by atoms with Crippen LogP contribution in [-0.4, -0.2) is 52.2 Å². The molecule has 0 spiro atoms. The molecule has 0 heterocycles. The first-order valence-electron chi connectivity index (χ1n) is 7.91. The first kappa shape index (κ1) is 20.6. The first-order valence-corrected chi connectivity index (χ1v) is 10.0. The Morgan fingerprint density at radius 1 is 1.09 bits per heavy atom. The summed E-state index contributed by atoms with van der Waals surface area (Å²) in [4.78, 5) is 0. The van der Waals surface area contributed by atoms with E-state index in [9.17, 15) is 10.2 Å². The highest BCUT2D eigenvalue weighted by molar-refractivity contribution is 8.16. The van der Waals surface area contributed by atoms with E-state index in [0.717, 1.165) is 29.2 Å². The van der Waals surface area contributed by atoms with Gasteiger partial charge in [0.1, 0.15) is 11.9 Å². The van der Waals surface area contributed by atoms with Crippen LogP contribution in [0.25, 0.3) is 0 Å². The Hall–Kier alpha value is -0.400. The van der Waals surface area contributed by atoms with E-state index >= 15 is 0 Å². The Morgan fingerprint density at radius 2 is 1.70 bits per heavy atom. The quantitative estimate of drug-likeness (QED) is 0.559. The molecular weight excluding hydrogens is 332 g/mol. The van der Waals surface area contributed by atoms with E-state index in [1.54, 1.807) is 7.11 Å². The van der Waals surface area contributed by atoms with Crippen molar-refractivity contribution in [2.45, 2.75) is 43.7 Å². The Bertz CT molecular complexity index is 408. The zero-order valence-electron chi connectivity index (χ0n) is 14.1. The lowest BCUT2D eigenvalue weighted by Gasteiger charge is -2.26. The van der Waals surface area contributed by atoms with Crippen molar-refractivity contribution in [3.05, 3.63) is 29.8 Å². The van der Waals surface area contributed by atoms with Gasteiger partial charge in [0.15, 0.2) is 0 Å². The SMILES string of the molecule is CCSC(C[C@H](OCc1ccc(OC)cc1)[C@H](O)CO)SCC. The van der Waals surface area contributed by atoms with Gasteiger partial charge in [-0.25, -0.2) is 0 Å². The van der Waals surface area contributed by atoms with Crippen molar-refractivity contribution in [1.82, 2.24) is 0 Å². The van der Waals surface area contributed by atoms with Crippen LogP contribution in [0.4, 0.5) is 0 Å². The number of ether oxygens (including phenoxy) is 2. The molecule has 0 amide bonds. The van der Waals surface area contributed by atoms with Crippen LogP contribution in [0.2, 0.25) is 0 Å². The number of hydrogen-bond acceptors (Lipinski definition) is 6. The second-order valence-electron chi connectivity index (χ2n) is 5.02. The van der Waals surface area contributed by atoms with Crippen molar-refractivity contribution in [1.29, 1.82) is 0 Å². The van der Waals surface area contributed by atoms with Gasteiger partial charge in [-0.3, -0.25) is 0 Å². The lowest BCUT2D eigenvalue weighted by atomic mass is 10.1. The second-order valence-corrected chi connectivity index (χ2v) is 8.28. The summed E-state index contributed by atoms with van der Waals surface area (Å²) in [6.07, 6.45) is -0.509. The van der Waals surface area contributed by atoms with Crippen molar-refractivity contribution in [3.63, 3.8) is 0 Å². The number of rotatable bonds is 12. The fourth-order valence-electron chi connectivity index (χ4n) is 2.12. The van der Waals surface area contributed by atoms with E-state index < -0.39 is 6.10 Å². The maximum Gasteiger partial charge on any atom is 0.118 e.